The zero-order valence-corrected chi connectivity index (χ0v) is 16.5. The molecule has 0 radical (unpaired) electrons. The van der Waals surface area contributed by atoms with Crippen LogP contribution >= 0.6 is 0 Å². The van der Waals surface area contributed by atoms with Gasteiger partial charge in [0.25, 0.3) is 0 Å². The van der Waals surface area contributed by atoms with E-state index in [1.165, 1.54) is 14.0 Å². The summed E-state index contributed by atoms with van der Waals surface area (Å²) < 4.78 is 10.5. The molecule has 0 saturated carbocycles. The molecular weight excluding hydrogens is 344 g/mol. The second kappa shape index (κ2) is 9.07. The summed E-state index contributed by atoms with van der Waals surface area (Å²) in [5.41, 5.74) is 3.60. The number of carbonyl (C=O) groups excluding carboxylic acids is 2. The van der Waals surface area contributed by atoms with Crippen molar-refractivity contribution in [1.29, 1.82) is 0 Å². The number of rotatable bonds is 7. The summed E-state index contributed by atoms with van der Waals surface area (Å²) in [6, 6.07) is 11.0. The van der Waals surface area contributed by atoms with Crippen molar-refractivity contribution in [1.82, 2.24) is 0 Å². The van der Waals surface area contributed by atoms with E-state index in [-0.39, 0.29) is 24.8 Å². The number of ether oxygens (including phenoxy) is 2. The van der Waals surface area contributed by atoms with Crippen LogP contribution in [0.4, 0.5) is 11.4 Å². The van der Waals surface area contributed by atoms with Gasteiger partial charge in [-0.2, -0.15) is 0 Å². The molecule has 0 aliphatic carbocycles. The lowest BCUT2D eigenvalue weighted by atomic mass is 10.1. The number of amides is 2. The highest BCUT2D eigenvalue weighted by Gasteiger charge is 2.16. The first-order valence-corrected chi connectivity index (χ1v) is 8.73. The Balaban J connectivity index is 2.09. The maximum Gasteiger partial charge on any atom is 0.226 e. The SMILES string of the molecule is COc1ccc(N(CCC(=O)Nc2cccc(C)c2C)C(C)=O)cc1OC. The van der Waals surface area contributed by atoms with Gasteiger partial charge in [-0.1, -0.05) is 12.1 Å². The number of methoxy groups -OCH3 is 2. The van der Waals surface area contributed by atoms with Crippen LogP contribution in [0.3, 0.4) is 0 Å². The predicted octanol–water partition coefficient (Wildman–Crippen LogP) is 3.70. The van der Waals surface area contributed by atoms with Crippen molar-refractivity contribution < 1.29 is 19.1 Å². The minimum absolute atomic E-state index is 0.143. The highest BCUT2D eigenvalue weighted by atomic mass is 16.5. The maximum absolute atomic E-state index is 12.4. The molecule has 1 N–H and O–H groups in total. The lowest BCUT2D eigenvalue weighted by molar-refractivity contribution is -0.117. The van der Waals surface area contributed by atoms with Gasteiger partial charge in [0.1, 0.15) is 0 Å². The van der Waals surface area contributed by atoms with Gasteiger partial charge in [-0.15, -0.1) is 0 Å². The van der Waals surface area contributed by atoms with Gasteiger partial charge in [-0.05, 0) is 43.2 Å². The van der Waals surface area contributed by atoms with Crippen LogP contribution < -0.4 is 19.7 Å². The summed E-state index contributed by atoms with van der Waals surface area (Å²) in [7, 11) is 3.09. The van der Waals surface area contributed by atoms with Gasteiger partial charge in [-0.25, -0.2) is 0 Å². The van der Waals surface area contributed by atoms with Crippen molar-refractivity contribution in [3.05, 3.63) is 47.5 Å². The van der Waals surface area contributed by atoms with Gasteiger partial charge in [0.15, 0.2) is 11.5 Å². The number of carbonyl (C=O) groups is 2. The topological polar surface area (TPSA) is 67.9 Å². The number of aryl methyl sites for hydroxylation is 1. The third kappa shape index (κ3) is 5.00. The van der Waals surface area contributed by atoms with Crippen LogP contribution in [0.25, 0.3) is 0 Å². The van der Waals surface area contributed by atoms with Gasteiger partial charge < -0.3 is 19.7 Å². The van der Waals surface area contributed by atoms with E-state index < -0.39 is 0 Å². The van der Waals surface area contributed by atoms with Crippen LogP contribution in [0, 0.1) is 13.8 Å². The van der Waals surface area contributed by atoms with Crippen LogP contribution in [0.2, 0.25) is 0 Å². The summed E-state index contributed by atoms with van der Waals surface area (Å²) in [5.74, 6) is 0.815. The molecule has 2 rings (SSSR count). The largest absolute Gasteiger partial charge is 0.493 e. The highest BCUT2D eigenvalue weighted by molar-refractivity contribution is 5.95. The molecule has 0 aliphatic heterocycles. The Kier molecular flexibility index (Phi) is 6.82. The fourth-order valence-corrected chi connectivity index (χ4v) is 2.77. The molecule has 6 nitrogen and oxygen atoms in total. The van der Waals surface area contributed by atoms with Gasteiger partial charge in [0.2, 0.25) is 11.8 Å². The molecule has 0 bridgehead atoms. The molecule has 2 aromatic carbocycles. The van der Waals surface area contributed by atoms with E-state index in [1.807, 2.05) is 32.0 Å². The van der Waals surface area contributed by atoms with Crippen LogP contribution in [-0.4, -0.2) is 32.6 Å². The van der Waals surface area contributed by atoms with Crippen molar-refractivity contribution in [2.75, 3.05) is 31.0 Å². The zero-order valence-electron chi connectivity index (χ0n) is 16.5. The molecule has 2 aromatic rings. The van der Waals surface area contributed by atoms with Crippen LogP contribution in [0.15, 0.2) is 36.4 Å². The molecule has 0 unspecified atom stereocenters. The fourth-order valence-electron chi connectivity index (χ4n) is 2.77. The monoisotopic (exact) mass is 370 g/mol. The molecule has 27 heavy (non-hydrogen) atoms. The molecule has 144 valence electrons. The Morgan fingerprint density at radius 3 is 2.37 bits per heavy atom. The molecule has 2 amide bonds. The first-order valence-electron chi connectivity index (χ1n) is 8.73. The number of hydrogen-bond donors (Lipinski definition) is 1. The predicted molar refractivity (Wildman–Crippen MR) is 107 cm³/mol. The number of benzene rings is 2. The van der Waals surface area contributed by atoms with Crippen LogP contribution in [0.1, 0.15) is 24.5 Å². The summed E-state index contributed by atoms with van der Waals surface area (Å²) in [6.07, 6.45) is 0.182. The standard InChI is InChI=1S/C21H26N2O4/c1-14-7-6-8-18(15(14)2)22-21(25)11-12-23(16(3)24)17-9-10-19(26-4)20(13-17)27-5/h6-10,13H,11-12H2,1-5H3,(H,22,25). The average molecular weight is 370 g/mol. The van der Waals surface area contributed by atoms with Gasteiger partial charge in [-0.3, -0.25) is 9.59 Å². The summed E-state index contributed by atoms with van der Waals surface area (Å²) in [4.78, 5) is 26.0. The van der Waals surface area contributed by atoms with Gasteiger partial charge in [0, 0.05) is 37.3 Å². The maximum atomic E-state index is 12.4. The average Bonchev–Trinajstić information content (AvgIpc) is 2.65. The number of nitrogens with one attached hydrogen (secondary N) is 1. The van der Waals surface area contributed by atoms with Gasteiger partial charge >= 0.3 is 0 Å². The molecule has 0 saturated heterocycles. The Morgan fingerprint density at radius 1 is 1.04 bits per heavy atom. The molecule has 0 aromatic heterocycles. The third-order valence-electron chi connectivity index (χ3n) is 4.50. The minimum atomic E-state index is -0.151. The third-order valence-corrected chi connectivity index (χ3v) is 4.50. The second-order valence-electron chi connectivity index (χ2n) is 6.26. The number of hydrogen-bond acceptors (Lipinski definition) is 4. The molecule has 0 atom stereocenters. The van der Waals surface area contributed by atoms with E-state index in [1.54, 1.807) is 30.2 Å². The molecule has 0 heterocycles. The van der Waals surface area contributed by atoms with Crippen molar-refractivity contribution in [2.45, 2.75) is 27.2 Å². The number of anilines is 2. The van der Waals surface area contributed by atoms with E-state index in [2.05, 4.69) is 5.32 Å². The van der Waals surface area contributed by atoms with Gasteiger partial charge in [0.05, 0.1) is 14.2 Å². The van der Waals surface area contributed by atoms with Crippen molar-refractivity contribution in [3.8, 4) is 11.5 Å². The molecule has 0 spiro atoms. The van der Waals surface area contributed by atoms with Crippen molar-refractivity contribution in [2.24, 2.45) is 0 Å². The first-order chi connectivity index (χ1) is 12.9. The summed E-state index contributed by atoms with van der Waals surface area (Å²) in [6.45, 7) is 5.71. The van der Waals surface area contributed by atoms with E-state index in [0.717, 1.165) is 16.8 Å². The molecular formula is C21H26N2O4. The van der Waals surface area contributed by atoms with Crippen molar-refractivity contribution >= 4 is 23.2 Å². The molecule has 6 heteroatoms. The van der Waals surface area contributed by atoms with E-state index in [0.29, 0.717) is 17.2 Å². The smallest absolute Gasteiger partial charge is 0.226 e. The van der Waals surface area contributed by atoms with Crippen molar-refractivity contribution in [3.63, 3.8) is 0 Å². The zero-order chi connectivity index (χ0) is 20.0. The van der Waals surface area contributed by atoms with E-state index in [4.69, 9.17) is 9.47 Å². The van der Waals surface area contributed by atoms with Crippen LogP contribution in [0.5, 0.6) is 11.5 Å². The molecule has 0 aliphatic rings. The lowest BCUT2D eigenvalue weighted by Crippen LogP contribution is -2.32. The van der Waals surface area contributed by atoms with E-state index >= 15 is 0 Å². The Morgan fingerprint density at radius 2 is 1.74 bits per heavy atom. The van der Waals surface area contributed by atoms with Crippen LogP contribution in [-0.2, 0) is 9.59 Å². The summed E-state index contributed by atoms with van der Waals surface area (Å²) in [5, 5.41) is 2.92. The summed E-state index contributed by atoms with van der Waals surface area (Å²) >= 11 is 0. The Hall–Kier alpha value is -3.02. The van der Waals surface area contributed by atoms with E-state index in [9.17, 15) is 9.59 Å². The molecule has 0 fully saturated rings. The quantitative estimate of drug-likeness (QED) is 0.807. The first kappa shape index (κ1) is 20.3. The highest BCUT2D eigenvalue weighted by Crippen LogP contribution is 2.31. The lowest BCUT2D eigenvalue weighted by Gasteiger charge is -2.22. The Labute approximate surface area is 160 Å². The fraction of sp³-hybridized carbons (Fsp3) is 0.333. The minimum Gasteiger partial charge on any atom is -0.493 e. The second-order valence-corrected chi connectivity index (χ2v) is 6.26. The number of nitrogens with zero attached hydrogens (tertiary/aromatic N) is 1. The normalized spacial score (nSPS) is 10.3. The Bertz CT molecular complexity index is 833.